The van der Waals surface area contributed by atoms with Crippen LogP contribution in [0, 0.1) is 6.92 Å². The Kier molecular flexibility index (Phi) is 5.58. The summed E-state index contributed by atoms with van der Waals surface area (Å²) in [6.07, 6.45) is 0. The van der Waals surface area contributed by atoms with Crippen molar-refractivity contribution in [2.75, 3.05) is 13.7 Å². The van der Waals surface area contributed by atoms with Crippen LogP contribution in [0.5, 0.6) is 5.75 Å². The molecule has 0 saturated carbocycles. The first-order valence-electron chi connectivity index (χ1n) is 7.25. The van der Waals surface area contributed by atoms with Gasteiger partial charge in [0.15, 0.2) is 0 Å². The zero-order chi connectivity index (χ0) is 17.7. The molecule has 2 aromatic rings. The maximum atomic E-state index is 13.0. The van der Waals surface area contributed by atoms with Gasteiger partial charge in [-0.05, 0) is 30.2 Å². The van der Waals surface area contributed by atoms with E-state index in [4.69, 9.17) is 9.84 Å². The van der Waals surface area contributed by atoms with Gasteiger partial charge < -0.3 is 9.84 Å². The van der Waals surface area contributed by atoms with E-state index in [2.05, 4.69) is 0 Å². The van der Waals surface area contributed by atoms with Gasteiger partial charge in [-0.15, -0.1) is 0 Å². The number of aliphatic carboxylic acids is 1. The highest BCUT2D eigenvalue weighted by molar-refractivity contribution is 7.89. The van der Waals surface area contributed by atoms with Crippen molar-refractivity contribution in [1.82, 2.24) is 4.31 Å². The van der Waals surface area contributed by atoms with Gasteiger partial charge in [0.1, 0.15) is 17.2 Å². The molecule has 128 valence electrons. The van der Waals surface area contributed by atoms with E-state index in [1.54, 1.807) is 43.3 Å². The Labute approximate surface area is 141 Å². The van der Waals surface area contributed by atoms with E-state index < -0.39 is 22.5 Å². The number of carboxylic acids is 1. The third kappa shape index (κ3) is 4.12. The molecule has 0 radical (unpaired) electrons. The van der Waals surface area contributed by atoms with E-state index in [9.17, 15) is 13.2 Å². The summed E-state index contributed by atoms with van der Waals surface area (Å²) in [5.74, 6) is -1.04. The largest absolute Gasteiger partial charge is 0.495 e. The number of benzene rings is 2. The molecule has 2 rings (SSSR count). The third-order valence-corrected chi connectivity index (χ3v) is 5.26. The number of methoxy groups -OCH3 is 1. The van der Waals surface area contributed by atoms with E-state index in [-0.39, 0.29) is 17.2 Å². The molecule has 0 amide bonds. The molecule has 0 unspecified atom stereocenters. The second-order valence-corrected chi connectivity index (χ2v) is 7.21. The van der Waals surface area contributed by atoms with Gasteiger partial charge in [-0.25, -0.2) is 8.42 Å². The number of nitrogens with zero attached hydrogens (tertiary/aromatic N) is 1. The molecule has 0 heterocycles. The van der Waals surface area contributed by atoms with Crippen molar-refractivity contribution in [1.29, 1.82) is 0 Å². The average molecular weight is 349 g/mol. The number of sulfonamides is 1. The topological polar surface area (TPSA) is 83.9 Å². The predicted octanol–water partition coefficient (Wildman–Crippen LogP) is 2.28. The van der Waals surface area contributed by atoms with E-state index in [0.717, 1.165) is 9.87 Å². The van der Waals surface area contributed by atoms with E-state index in [1.807, 2.05) is 6.07 Å². The van der Waals surface area contributed by atoms with Crippen LogP contribution in [0.3, 0.4) is 0 Å². The molecule has 0 aliphatic rings. The summed E-state index contributed by atoms with van der Waals surface area (Å²) in [4.78, 5) is 11.1. The van der Waals surface area contributed by atoms with Crippen LogP contribution in [-0.4, -0.2) is 37.5 Å². The van der Waals surface area contributed by atoms with Crippen LogP contribution >= 0.6 is 0 Å². The number of carbonyl (C=O) groups is 1. The maximum absolute atomic E-state index is 13.0. The molecule has 6 nitrogen and oxygen atoms in total. The van der Waals surface area contributed by atoms with Crippen molar-refractivity contribution in [3.8, 4) is 5.75 Å². The van der Waals surface area contributed by atoms with Crippen molar-refractivity contribution in [3.05, 3.63) is 59.7 Å². The van der Waals surface area contributed by atoms with E-state index in [1.165, 1.54) is 13.2 Å². The second kappa shape index (κ2) is 7.46. The van der Waals surface area contributed by atoms with Crippen LogP contribution in [0.15, 0.2) is 53.4 Å². The fourth-order valence-electron chi connectivity index (χ4n) is 2.29. The molecule has 7 heteroatoms. The molecule has 24 heavy (non-hydrogen) atoms. The van der Waals surface area contributed by atoms with Gasteiger partial charge in [0, 0.05) is 6.54 Å². The molecular formula is C17H19NO5S. The van der Waals surface area contributed by atoms with Gasteiger partial charge in [0.25, 0.3) is 0 Å². The van der Waals surface area contributed by atoms with E-state index in [0.29, 0.717) is 5.56 Å². The quantitative estimate of drug-likeness (QED) is 0.829. The Bertz CT molecular complexity index is 818. The minimum atomic E-state index is -4.03. The summed E-state index contributed by atoms with van der Waals surface area (Å²) in [6.45, 7) is 1.10. The number of aryl methyl sites for hydroxylation is 1. The van der Waals surface area contributed by atoms with Crippen LogP contribution in [0.25, 0.3) is 0 Å². The van der Waals surface area contributed by atoms with Crippen LogP contribution in [0.1, 0.15) is 11.1 Å². The van der Waals surface area contributed by atoms with Crippen LogP contribution < -0.4 is 4.74 Å². The first-order valence-corrected chi connectivity index (χ1v) is 8.69. The minimum absolute atomic E-state index is 0.0351. The Morgan fingerprint density at radius 2 is 1.83 bits per heavy atom. The predicted molar refractivity (Wildman–Crippen MR) is 89.4 cm³/mol. The van der Waals surface area contributed by atoms with Gasteiger partial charge in [0.05, 0.1) is 7.11 Å². The van der Waals surface area contributed by atoms with Crippen LogP contribution in [0.2, 0.25) is 0 Å². The lowest BCUT2D eigenvalue weighted by atomic mass is 10.2. The van der Waals surface area contributed by atoms with Gasteiger partial charge in [-0.1, -0.05) is 36.4 Å². The van der Waals surface area contributed by atoms with Crippen LogP contribution in [0.4, 0.5) is 0 Å². The summed E-state index contributed by atoms with van der Waals surface area (Å²) in [7, 11) is -2.65. The molecule has 0 saturated heterocycles. The zero-order valence-corrected chi connectivity index (χ0v) is 14.3. The molecule has 0 aromatic heterocycles. The Morgan fingerprint density at radius 3 is 2.42 bits per heavy atom. The van der Waals surface area contributed by atoms with Gasteiger partial charge >= 0.3 is 5.97 Å². The molecular weight excluding hydrogens is 330 g/mol. The Hall–Kier alpha value is -2.38. The fraction of sp³-hybridized carbons (Fsp3) is 0.235. The standard InChI is InChI=1S/C17H19NO5S/c1-13-8-9-15(23-2)16(10-13)24(21,22)18(12-17(19)20)11-14-6-4-3-5-7-14/h3-10H,11-12H2,1-2H3,(H,19,20). The number of ether oxygens (including phenoxy) is 1. The minimum Gasteiger partial charge on any atom is -0.495 e. The lowest BCUT2D eigenvalue weighted by Gasteiger charge is -2.22. The summed E-state index contributed by atoms with van der Waals surface area (Å²) in [5.41, 5.74) is 1.44. The third-order valence-electron chi connectivity index (χ3n) is 3.45. The second-order valence-electron chi connectivity index (χ2n) is 5.31. The smallest absolute Gasteiger partial charge is 0.318 e. The first kappa shape index (κ1) is 18.0. The highest BCUT2D eigenvalue weighted by Crippen LogP contribution is 2.28. The summed E-state index contributed by atoms with van der Waals surface area (Å²) < 4.78 is 32.0. The molecule has 0 atom stereocenters. The molecule has 0 fully saturated rings. The van der Waals surface area contributed by atoms with Crippen LogP contribution in [-0.2, 0) is 21.4 Å². The zero-order valence-electron chi connectivity index (χ0n) is 13.5. The van der Waals surface area contributed by atoms with Crippen molar-refractivity contribution >= 4 is 16.0 Å². The SMILES string of the molecule is COc1ccc(C)cc1S(=O)(=O)N(CC(=O)O)Cc1ccccc1. The van der Waals surface area contributed by atoms with Gasteiger partial charge in [0.2, 0.25) is 10.0 Å². The number of hydrogen-bond donors (Lipinski definition) is 1. The lowest BCUT2D eigenvalue weighted by molar-refractivity contribution is -0.137. The lowest BCUT2D eigenvalue weighted by Crippen LogP contribution is -2.35. The summed E-state index contributed by atoms with van der Waals surface area (Å²) in [5, 5.41) is 9.12. The van der Waals surface area contributed by atoms with Crippen molar-refractivity contribution < 1.29 is 23.1 Å². The molecule has 0 aliphatic carbocycles. The number of carboxylic acid groups (broad SMARTS) is 1. The Balaban J connectivity index is 2.47. The number of hydrogen-bond acceptors (Lipinski definition) is 4. The van der Waals surface area contributed by atoms with Gasteiger partial charge in [-0.3, -0.25) is 4.79 Å². The molecule has 0 aliphatic heterocycles. The highest BCUT2D eigenvalue weighted by atomic mass is 32.2. The summed E-state index contributed by atoms with van der Waals surface area (Å²) in [6, 6.07) is 13.6. The molecule has 0 bridgehead atoms. The first-order chi connectivity index (χ1) is 11.3. The van der Waals surface area contributed by atoms with Crippen molar-refractivity contribution in [2.45, 2.75) is 18.4 Å². The molecule has 0 spiro atoms. The summed E-state index contributed by atoms with van der Waals surface area (Å²) >= 11 is 0. The van der Waals surface area contributed by atoms with E-state index >= 15 is 0 Å². The highest BCUT2D eigenvalue weighted by Gasteiger charge is 2.29. The monoisotopic (exact) mass is 349 g/mol. The molecule has 1 N–H and O–H groups in total. The normalized spacial score (nSPS) is 11.5. The Morgan fingerprint density at radius 1 is 1.17 bits per heavy atom. The maximum Gasteiger partial charge on any atom is 0.318 e. The van der Waals surface area contributed by atoms with Crippen molar-refractivity contribution in [2.24, 2.45) is 0 Å². The fourth-order valence-corrected chi connectivity index (χ4v) is 3.91. The number of rotatable bonds is 7. The average Bonchev–Trinajstić information content (AvgIpc) is 2.54. The molecule has 2 aromatic carbocycles. The van der Waals surface area contributed by atoms with Gasteiger partial charge in [-0.2, -0.15) is 4.31 Å². The van der Waals surface area contributed by atoms with Crippen molar-refractivity contribution in [3.63, 3.8) is 0 Å².